The van der Waals surface area contributed by atoms with E-state index in [0.29, 0.717) is 65.4 Å². The summed E-state index contributed by atoms with van der Waals surface area (Å²) in [7, 11) is 2.99. The average Bonchev–Trinajstić information content (AvgIpc) is 3.56. The first-order valence-electron chi connectivity index (χ1n) is 17.2. The van der Waals surface area contributed by atoms with Gasteiger partial charge in [-0.3, -0.25) is 19.6 Å². The lowest BCUT2D eigenvalue weighted by Crippen LogP contribution is -2.43. The molecule has 16 heteroatoms. The quantitative estimate of drug-likeness (QED) is 0.112. The van der Waals surface area contributed by atoms with E-state index in [-0.39, 0.29) is 53.3 Å². The minimum Gasteiger partial charge on any atom is -0.496 e. The largest absolute Gasteiger partial charge is 0.496 e. The van der Waals surface area contributed by atoms with E-state index >= 15 is 0 Å². The maximum atomic E-state index is 13.3. The molecule has 286 valence electrons. The fraction of sp³-hybridized carbons (Fsp3) is 0.368. The second-order valence-corrected chi connectivity index (χ2v) is 14.2. The van der Waals surface area contributed by atoms with Crippen LogP contribution >= 0.6 is 23.2 Å². The van der Waals surface area contributed by atoms with Crippen molar-refractivity contribution in [2.45, 2.75) is 58.3 Å². The first kappa shape index (κ1) is 40.2. The molecule has 0 radical (unpaired) electrons. The number of halogens is 2. The third-order valence-electron chi connectivity index (χ3n) is 8.34. The van der Waals surface area contributed by atoms with Crippen LogP contribution in [-0.2, 0) is 22.6 Å². The highest BCUT2D eigenvalue weighted by molar-refractivity contribution is 6.39. The van der Waals surface area contributed by atoms with Crippen molar-refractivity contribution in [3.63, 3.8) is 0 Å². The number of hydrogen-bond acceptors (Lipinski definition) is 11. The molecule has 3 aromatic heterocycles. The van der Waals surface area contributed by atoms with Gasteiger partial charge in [0.1, 0.15) is 17.0 Å². The van der Waals surface area contributed by atoms with Gasteiger partial charge in [0.2, 0.25) is 11.8 Å². The average molecular weight is 781 g/mol. The molecule has 0 saturated carbocycles. The van der Waals surface area contributed by atoms with Crippen LogP contribution in [0.25, 0.3) is 22.5 Å². The SMILES string of the molecule is COc1cc(C(=O)Nc2cccc(-c3nccc(-c4ccc(CN(C[C@@H]5CCC(=O)N5)C(=O)OC(C)(C)C)c(OC)n4)c3Cl)c2Cl)ncc1CNCCO. The number of benzene rings is 1. The highest BCUT2D eigenvalue weighted by Crippen LogP contribution is 2.40. The van der Waals surface area contributed by atoms with Crippen LogP contribution in [0.4, 0.5) is 10.5 Å². The van der Waals surface area contributed by atoms with Gasteiger partial charge in [0.25, 0.3) is 5.91 Å². The van der Waals surface area contributed by atoms with Crippen molar-refractivity contribution < 1.29 is 33.7 Å². The van der Waals surface area contributed by atoms with Gasteiger partial charge in [-0.2, -0.15) is 0 Å². The molecule has 1 fully saturated rings. The number of rotatable bonds is 14. The summed E-state index contributed by atoms with van der Waals surface area (Å²) in [5, 5.41) is 18.3. The summed E-state index contributed by atoms with van der Waals surface area (Å²) in [5.41, 5.74) is 2.89. The van der Waals surface area contributed by atoms with Gasteiger partial charge in [-0.05, 0) is 51.5 Å². The van der Waals surface area contributed by atoms with Crippen molar-refractivity contribution in [1.82, 2.24) is 30.5 Å². The Morgan fingerprint density at radius 1 is 1.04 bits per heavy atom. The lowest BCUT2D eigenvalue weighted by atomic mass is 10.1. The molecule has 1 aliphatic heterocycles. The lowest BCUT2D eigenvalue weighted by molar-refractivity contribution is -0.119. The summed E-state index contributed by atoms with van der Waals surface area (Å²) >= 11 is 13.9. The number of aromatic nitrogens is 3. The van der Waals surface area contributed by atoms with Gasteiger partial charge in [0.05, 0.1) is 54.5 Å². The molecular formula is C38H43Cl2N7O7. The number of methoxy groups -OCH3 is 2. The molecule has 0 spiro atoms. The van der Waals surface area contributed by atoms with E-state index in [9.17, 15) is 14.4 Å². The molecular weight excluding hydrogens is 737 g/mol. The van der Waals surface area contributed by atoms with Gasteiger partial charge in [0.15, 0.2) is 0 Å². The highest BCUT2D eigenvalue weighted by atomic mass is 35.5. The number of nitrogens with one attached hydrogen (secondary N) is 3. The van der Waals surface area contributed by atoms with Crippen LogP contribution in [0.3, 0.4) is 0 Å². The second kappa shape index (κ2) is 17.9. The predicted molar refractivity (Wildman–Crippen MR) is 205 cm³/mol. The summed E-state index contributed by atoms with van der Waals surface area (Å²) in [6.45, 7) is 6.55. The molecule has 14 nitrogen and oxygen atoms in total. The molecule has 1 saturated heterocycles. The third-order valence-corrected chi connectivity index (χ3v) is 9.13. The molecule has 4 N–H and O–H groups in total. The van der Waals surface area contributed by atoms with E-state index in [2.05, 4.69) is 25.9 Å². The van der Waals surface area contributed by atoms with Crippen molar-refractivity contribution in [2.24, 2.45) is 0 Å². The number of carbonyl (C=O) groups excluding carboxylic acids is 3. The molecule has 54 heavy (non-hydrogen) atoms. The normalized spacial score (nSPS) is 14.0. The van der Waals surface area contributed by atoms with E-state index in [1.54, 1.807) is 63.4 Å². The Hall–Kier alpha value is -5.02. The van der Waals surface area contributed by atoms with E-state index in [1.165, 1.54) is 31.4 Å². The first-order valence-corrected chi connectivity index (χ1v) is 18.0. The fourth-order valence-corrected chi connectivity index (χ4v) is 6.35. The van der Waals surface area contributed by atoms with Crippen LogP contribution in [0.5, 0.6) is 11.6 Å². The number of pyridine rings is 3. The molecule has 4 heterocycles. The molecule has 1 aliphatic rings. The van der Waals surface area contributed by atoms with E-state index in [1.807, 2.05) is 0 Å². The maximum absolute atomic E-state index is 13.3. The summed E-state index contributed by atoms with van der Waals surface area (Å²) in [5.74, 6) is 0.173. The Morgan fingerprint density at radius 2 is 1.83 bits per heavy atom. The zero-order valence-corrected chi connectivity index (χ0v) is 32.2. The van der Waals surface area contributed by atoms with Gasteiger partial charge < -0.3 is 40.2 Å². The molecule has 1 atom stereocenters. The highest BCUT2D eigenvalue weighted by Gasteiger charge is 2.29. The Kier molecular flexibility index (Phi) is 13.3. The van der Waals surface area contributed by atoms with Crippen molar-refractivity contribution in [3.05, 3.63) is 81.7 Å². The maximum Gasteiger partial charge on any atom is 0.410 e. The molecule has 0 unspecified atom stereocenters. The minimum atomic E-state index is -0.721. The molecule has 1 aromatic carbocycles. The number of hydrogen-bond donors (Lipinski definition) is 4. The fourth-order valence-electron chi connectivity index (χ4n) is 5.77. The number of aliphatic hydroxyl groups excluding tert-OH is 1. The Labute approximate surface area is 323 Å². The predicted octanol–water partition coefficient (Wildman–Crippen LogP) is 5.88. The van der Waals surface area contributed by atoms with Gasteiger partial charge in [0, 0.05) is 72.8 Å². The Bertz CT molecular complexity index is 2010. The molecule has 0 bridgehead atoms. The minimum absolute atomic E-state index is 0.0116. The van der Waals surface area contributed by atoms with Crippen LogP contribution in [0.2, 0.25) is 10.0 Å². The summed E-state index contributed by atoms with van der Waals surface area (Å²) < 4.78 is 16.8. The Balaban J connectivity index is 1.39. The van der Waals surface area contributed by atoms with E-state index in [0.717, 1.165) is 5.56 Å². The van der Waals surface area contributed by atoms with Crippen LogP contribution < -0.4 is 25.4 Å². The lowest BCUT2D eigenvalue weighted by Gasteiger charge is -2.29. The van der Waals surface area contributed by atoms with Crippen molar-refractivity contribution in [3.8, 4) is 34.1 Å². The molecule has 0 aliphatic carbocycles. The molecule has 5 rings (SSSR count). The zero-order chi connectivity index (χ0) is 39.0. The van der Waals surface area contributed by atoms with Gasteiger partial charge in [-0.25, -0.2) is 9.78 Å². The monoisotopic (exact) mass is 779 g/mol. The molecule has 3 amide bonds. The number of anilines is 1. The van der Waals surface area contributed by atoms with Gasteiger partial charge >= 0.3 is 6.09 Å². The topological polar surface area (TPSA) is 177 Å². The van der Waals surface area contributed by atoms with Crippen LogP contribution in [-0.4, -0.2) is 88.4 Å². The number of nitrogens with zero attached hydrogens (tertiary/aromatic N) is 4. The summed E-state index contributed by atoms with van der Waals surface area (Å²) in [4.78, 5) is 53.5. The summed E-state index contributed by atoms with van der Waals surface area (Å²) in [6, 6.07) is 11.7. The second-order valence-electron chi connectivity index (χ2n) is 13.5. The standard InChI is InChI=1S/C38H43Cl2N7O7/c1-38(2,3)54-37(51)47(21-24-10-12-31(49)44-24)20-22-9-11-27(46-36(22)53-5)25-13-14-42-34(33(25)40)26-7-6-8-28(32(26)39)45-35(50)29-17-30(52-4)23(19-43-29)18-41-15-16-48/h6-9,11,13-14,17,19,24,41,48H,10,12,15-16,18,20-21H2,1-5H3,(H,44,49)(H,45,50)/t24-/m0/s1. The van der Waals surface area contributed by atoms with Crippen LogP contribution in [0.15, 0.2) is 54.9 Å². The number of amides is 3. The Morgan fingerprint density at radius 3 is 2.52 bits per heavy atom. The van der Waals surface area contributed by atoms with Gasteiger partial charge in [-0.15, -0.1) is 0 Å². The van der Waals surface area contributed by atoms with E-state index < -0.39 is 17.6 Å². The first-order chi connectivity index (χ1) is 25.8. The van der Waals surface area contributed by atoms with Crippen LogP contribution in [0.1, 0.15) is 55.2 Å². The van der Waals surface area contributed by atoms with Crippen molar-refractivity contribution >= 4 is 46.8 Å². The number of aliphatic hydroxyl groups is 1. The molecule has 4 aromatic rings. The zero-order valence-electron chi connectivity index (χ0n) is 30.7. The van der Waals surface area contributed by atoms with E-state index in [4.69, 9.17) is 47.5 Å². The van der Waals surface area contributed by atoms with Crippen molar-refractivity contribution in [1.29, 1.82) is 0 Å². The number of carbonyl (C=O) groups is 3. The van der Waals surface area contributed by atoms with Crippen LogP contribution in [0, 0.1) is 0 Å². The van der Waals surface area contributed by atoms with Gasteiger partial charge in [-0.1, -0.05) is 35.3 Å². The number of ether oxygens (including phenoxy) is 3. The smallest absolute Gasteiger partial charge is 0.410 e. The van der Waals surface area contributed by atoms with Crippen molar-refractivity contribution in [2.75, 3.05) is 39.2 Å². The third kappa shape index (κ3) is 9.94. The summed E-state index contributed by atoms with van der Waals surface area (Å²) in [6.07, 6.45) is 3.60.